The molecule has 3 heterocycles. The summed E-state index contributed by atoms with van der Waals surface area (Å²) in [4.78, 5) is 22.1. The van der Waals surface area contributed by atoms with Gasteiger partial charge in [0.15, 0.2) is 0 Å². The van der Waals surface area contributed by atoms with Crippen LogP contribution in [0, 0.1) is 0 Å². The molecular weight excluding hydrogens is 438 g/mol. The van der Waals surface area contributed by atoms with Crippen LogP contribution in [-0.2, 0) is 6.54 Å². The number of hydrogen-bond acceptors (Lipinski definition) is 8. The first-order chi connectivity index (χ1) is 16.2. The highest BCUT2D eigenvalue weighted by Crippen LogP contribution is 2.25. The molecule has 0 N–H and O–H groups in total. The second kappa shape index (κ2) is 9.47. The highest BCUT2D eigenvalue weighted by molar-refractivity contribution is 7.09. The minimum atomic E-state index is 0.0283. The first-order valence-corrected chi connectivity index (χ1v) is 11.5. The molecule has 2 aromatic carbocycles. The number of thiazole rings is 1. The second-order valence-electron chi connectivity index (χ2n) is 7.73. The lowest BCUT2D eigenvalue weighted by Crippen LogP contribution is -2.48. The molecule has 1 aliphatic rings. The summed E-state index contributed by atoms with van der Waals surface area (Å²) < 4.78 is 6.77. The van der Waals surface area contributed by atoms with Crippen LogP contribution in [0.5, 0.6) is 5.75 Å². The van der Waals surface area contributed by atoms with Crippen LogP contribution in [0.1, 0.15) is 15.4 Å². The van der Waals surface area contributed by atoms with Crippen LogP contribution in [0.2, 0.25) is 0 Å². The van der Waals surface area contributed by atoms with Crippen molar-refractivity contribution in [3.8, 4) is 22.7 Å². The van der Waals surface area contributed by atoms with Gasteiger partial charge in [-0.1, -0.05) is 6.07 Å². The molecule has 0 unspecified atom stereocenters. The predicted molar refractivity (Wildman–Crippen MR) is 124 cm³/mol. The Bertz CT molecular complexity index is 1220. The van der Waals surface area contributed by atoms with E-state index < -0.39 is 0 Å². The average molecular weight is 462 g/mol. The predicted octanol–water partition coefficient (Wildman–Crippen LogP) is 2.75. The van der Waals surface area contributed by atoms with Gasteiger partial charge in [0, 0.05) is 42.7 Å². The third-order valence-corrected chi connectivity index (χ3v) is 6.50. The maximum Gasteiger partial charge on any atom is 0.254 e. The maximum absolute atomic E-state index is 13.0. The van der Waals surface area contributed by atoms with Gasteiger partial charge in [-0.3, -0.25) is 9.69 Å². The largest absolute Gasteiger partial charge is 0.497 e. The first-order valence-electron chi connectivity index (χ1n) is 10.6. The van der Waals surface area contributed by atoms with Crippen molar-refractivity contribution in [1.82, 2.24) is 35.0 Å². The standard InChI is InChI=1S/C23H23N7O2S/c1-32-20-7-5-17(6-8-20)21-15-33-22(25-21)14-28-9-11-29(12-10-28)23(31)18-3-2-4-19(13-18)30-16-24-26-27-30/h2-8,13,15-16H,9-12,14H2,1H3. The van der Waals surface area contributed by atoms with Crippen molar-refractivity contribution in [2.45, 2.75) is 6.54 Å². The zero-order valence-electron chi connectivity index (χ0n) is 18.2. The van der Waals surface area contributed by atoms with Gasteiger partial charge >= 0.3 is 0 Å². The molecule has 1 amide bonds. The Kier molecular flexibility index (Phi) is 6.09. The molecule has 9 nitrogen and oxygen atoms in total. The fourth-order valence-electron chi connectivity index (χ4n) is 3.82. The third kappa shape index (κ3) is 4.76. The van der Waals surface area contributed by atoms with Crippen molar-refractivity contribution in [2.75, 3.05) is 33.3 Å². The Balaban J connectivity index is 1.17. The van der Waals surface area contributed by atoms with Crippen LogP contribution in [-0.4, -0.2) is 74.2 Å². The molecule has 0 aliphatic carbocycles. The molecule has 4 aromatic rings. The summed E-state index contributed by atoms with van der Waals surface area (Å²) in [5.74, 6) is 0.865. The van der Waals surface area contributed by atoms with Gasteiger partial charge in [-0.2, -0.15) is 0 Å². The summed E-state index contributed by atoms with van der Waals surface area (Å²) >= 11 is 1.67. The Labute approximate surface area is 195 Å². The molecule has 10 heteroatoms. The summed E-state index contributed by atoms with van der Waals surface area (Å²) in [5, 5.41) is 14.4. The van der Waals surface area contributed by atoms with Crippen LogP contribution in [0.15, 0.2) is 60.2 Å². The molecular formula is C23H23N7O2S. The molecule has 1 fully saturated rings. The summed E-state index contributed by atoms with van der Waals surface area (Å²) in [6.07, 6.45) is 1.51. The van der Waals surface area contributed by atoms with Crippen LogP contribution in [0.4, 0.5) is 0 Å². The smallest absolute Gasteiger partial charge is 0.254 e. The number of methoxy groups -OCH3 is 1. The Hall–Kier alpha value is -3.63. The number of aromatic nitrogens is 5. The van der Waals surface area contributed by atoms with Crippen molar-refractivity contribution in [1.29, 1.82) is 0 Å². The summed E-state index contributed by atoms with van der Waals surface area (Å²) in [6, 6.07) is 15.3. The Morgan fingerprint density at radius 3 is 2.64 bits per heavy atom. The van der Waals surface area contributed by atoms with E-state index in [1.54, 1.807) is 23.1 Å². The van der Waals surface area contributed by atoms with E-state index in [0.29, 0.717) is 18.7 Å². The number of tetrazole rings is 1. The van der Waals surface area contributed by atoms with E-state index in [2.05, 4.69) is 25.8 Å². The molecule has 0 atom stereocenters. The van der Waals surface area contributed by atoms with Crippen molar-refractivity contribution in [2.24, 2.45) is 0 Å². The van der Waals surface area contributed by atoms with Crippen LogP contribution in [0.3, 0.4) is 0 Å². The molecule has 0 bridgehead atoms. The fourth-order valence-corrected chi connectivity index (χ4v) is 4.67. The molecule has 0 saturated carbocycles. The van der Waals surface area contributed by atoms with E-state index in [9.17, 15) is 4.79 Å². The third-order valence-electron chi connectivity index (χ3n) is 5.66. The van der Waals surface area contributed by atoms with Crippen LogP contribution in [0.25, 0.3) is 16.9 Å². The van der Waals surface area contributed by atoms with Crippen LogP contribution < -0.4 is 4.74 Å². The van der Waals surface area contributed by atoms with Gasteiger partial charge in [-0.05, 0) is 52.9 Å². The SMILES string of the molecule is COc1ccc(-c2csc(CN3CCN(C(=O)c4cccc(-n5cnnn5)c4)CC3)n2)cc1. The highest BCUT2D eigenvalue weighted by atomic mass is 32.1. The number of carbonyl (C=O) groups is 1. The van der Waals surface area contributed by atoms with E-state index in [0.717, 1.165) is 47.3 Å². The van der Waals surface area contributed by atoms with E-state index in [4.69, 9.17) is 9.72 Å². The number of amides is 1. The minimum absolute atomic E-state index is 0.0283. The molecule has 1 aliphatic heterocycles. The van der Waals surface area contributed by atoms with Gasteiger partial charge < -0.3 is 9.64 Å². The molecule has 33 heavy (non-hydrogen) atoms. The zero-order valence-corrected chi connectivity index (χ0v) is 19.0. The number of rotatable bonds is 6. The maximum atomic E-state index is 13.0. The quantitative estimate of drug-likeness (QED) is 0.436. The fraction of sp³-hybridized carbons (Fsp3) is 0.261. The van der Waals surface area contributed by atoms with Crippen molar-refractivity contribution < 1.29 is 9.53 Å². The number of hydrogen-bond donors (Lipinski definition) is 0. The zero-order chi connectivity index (χ0) is 22.6. The van der Waals surface area contributed by atoms with Crippen molar-refractivity contribution in [3.05, 3.63) is 70.8 Å². The minimum Gasteiger partial charge on any atom is -0.497 e. The van der Waals surface area contributed by atoms with E-state index in [1.807, 2.05) is 53.4 Å². The van der Waals surface area contributed by atoms with Gasteiger partial charge in [-0.25, -0.2) is 9.67 Å². The van der Waals surface area contributed by atoms with E-state index in [1.165, 1.54) is 6.33 Å². The lowest BCUT2D eigenvalue weighted by molar-refractivity contribution is 0.0628. The summed E-state index contributed by atoms with van der Waals surface area (Å²) in [7, 11) is 1.66. The normalized spacial score (nSPS) is 14.4. The number of nitrogens with zero attached hydrogens (tertiary/aromatic N) is 7. The average Bonchev–Trinajstić information content (AvgIpc) is 3.57. The van der Waals surface area contributed by atoms with Gasteiger partial charge in [-0.15, -0.1) is 16.4 Å². The van der Waals surface area contributed by atoms with Gasteiger partial charge in [0.25, 0.3) is 5.91 Å². The molecule has 1 saturated heterocycles. The second-order valence-corrected chi connectivity index (χ2v) is 8.67. The molecule has 0 radical (unpaired) electrons. The van der Waals surface area contributed by atoms with Gasteiger partial charge in [0.05, 0.1) is 25.0 Å². The van der Waals surface area contributed by atoms with Crippen LogP contribution >= 0.6 is 11.3 Å². The lowest BCUT2D eigenvalue weighted by Gasteiger charge is -2.34. The topological polar surface area (TPSA) is 89.3 Å². The number of piperazine rings is 1. The lowest BCUT2D eigenvalue weighted by atomic mass is 10.1. The highest BCUT2D eigenvalue weighted by Gasteiger charge is 2.23. The molecule has 2 aromatic heterocycles. The Morgan fingerprint density at radius 1 is 1.09 bits per heavy atom. The summed E-state index contributed by atoms with van der Waals surface area (Å²) in [5.41, 5.74) is 3.47. The first kappa shape index (κ1) is 21.2. The molecule has 168 valence electrons. The number of benzene rings is 2. The molecule has 0 spiro atoms. The van der Waals surface area contributed by atoms with Gasteiger partial charge in [0.2, 0.25) is 0 Å². The van der Waals surface area contributed by atoms with E-state index in [-0.39, 0.29) is 5.91 Å². The van der Waals surface area contributed by atoms with Crippen molar-refractivity contribution in [3.63, 3.8) is 0 Å². The Morgan fingerprint density at radius 2 is 1.91 bits per heavy atom. The van der Waals surface area contributed by atoms with Crippen molar-refractivity contribution >= 4 is 17.2 Å². The van der Waals surface area contributed by atoms with Gasteiger partial charge in [0.1, 0.15) is 17.1 Å². The van der Waals surface area contributed by atoms with E-state index >= 15 is 0 Å². The number of ether oxygens (including phenoxy) is 1. The summed E-state index contributed by atoms with van der Waals surface area (Å²) in [6.45, 7) is 3.79. The monoisotopic (exact) mass is 461 g/mol. The molecule has 5 rings (SSSR count). The number of carbonyl (C=O) groups excluding carboxylic acids is 1.